The van der Waals surface area contributed by atoms with Crippen molar-refractivity contribution < 1.29 is 0 Å². The van der Waals surface area contributed by atoms with Crippen LogP contribution in [0.25, 0.3) is 10.9 Å². The summed E-state index contributed by atoms with van der Waals surface area (Å²) < 4.78 is 2.34. The molecule has 2 heterocycles. The zero-order valence-electron chi connectivity index (χ0n) is 11.9. The first-order valence-corrected chi connectivity index (χ1v) is 7.78. The fourth-order valence-corrected chi connectivity index (χ4v) is 3.39. The Morgan fingerprint density at radius 3 is 2.95 bits per heavy atom. The molecule has 0 amide bonds. The van der Waals surface area contributed by atoms with Crippen LogP contribution in [0.3, 0.4) is 0 Å². The summed E-state index contributed by atoms with van der Waals surface area (Å²) in [6.07, 6.45) is 3.25. The Morgan fingerprint density at radius 2 is 2.20 bits per heavy atom. The molecule has 0 bridgehead atoms. The molecule has 1 aromatic carbocycles. The number of benzene rings is 1. The number of thiazole rings is 1. The van der Waals surface area contributed by atoms with Gasteiger partial charge in [-0.2, -0.15) is 0 Å². The third-order valence-electron chi connectivity index (χ3n) is 3.70. The van der Waals surface area contributed by atoms with Crippen LogP contribution in [0.15, 0.2) is 36.0 Å². The highest BCUT2D eigenvalue weighted by molar-refractivity contribution is 7.09. The highest BCUT2D eigenvalue weighted by Gasteiger charge is 2.06. The lowest BCUT2D eigenvalue weighted by Crippen LogP contribution is -2.05. The smallest absolute Gasteiger partial charge is 0.0797 e. The summed E-state index contributed by atoms with van der Waals surface area (Å²) in [6, 6.07) is 8.76. The van der Waals surface area contributed by atoms with E-state index in [1.807, 2.05) is 12.6 Å². The van der Waals surface area contributed by atoms with E-state index >= 15 is 0 Å². The molecule has 3 nitrogen and oxygen atoms in total. The largest absolute Gasteiger partial charge is 0.347 e. The van der Waals surface area contributed by atoms with Crippen LogP contribution < -0.4 is 5.32 Å². The van der Waals surface area contributed by atoms with E-state index in [-0.39, 0.29) is 0 Å². The highest BCUT2D eigenvalue weighted by Crippen LogP contribution is 2.21. The standard InChI is InChI=1S/C16H19N3S/c1-12-16(20-11-18-12)7-9-19-8-6-14-13(10-17-2)4-3-5-15(14)19/h3-6,8,11,17H,7,9-10H2,1-2H3. The van der Waals surface area contributed by atoms with Crippen molar-refractivity contribution in [2.24, 2.45) is 0 Å². The average Bonchev–Trinajstić information content (AvgIpc) is 3.04. The maximum Gasteiger partial charge on any atom is 0.0797 e. The van der Waals surface area contributed by atoms with E-state index in [2.05, 4.69) is 52.3 Å². The van der Waals surface area contributed by atoms with E-state index in [4.69, 9.17) is 0 Å². The summed E-state index contributed by atoms with van der Waals surface area (Å²) >= 11 is 1.75. The molecule has 0 unspecified atom stereocenters. The van der Waals surface area contributed by atoms with Gasteiger partial charge in [-0.15, -0.1) is 11.3 Å². The first kappa shape index (κ1) is 13.3. The zero-order chi connectivity index (χ0) is 13.9. The Kier molecular flexibility index (Phi) is 3.85. The molecule has 104 valence electrons. The van der Waals surface area contributed by atoms with Gasteiger partial charge >= 0.3 is 0 Å². The van der Waals surface area contributed by atoms with Crippen molar-refractivity contribution in [1.82, 2.24) is 14.9 Å². The number of hydrogen-bond acceptors (Lipinski definition) is 3. The first-order valence-electron chi connectivity index (χ1n) is 6.90. The van der Waals surface area contributed by atoms with Gasteiger partial charge in [-0.1, -0.05) is 12.1 Å². The molecule has 4 heteroatoms. The maximum absolute atomic E-state index is 4.32. The lowest BCUT2D eigenvalue weighted by molar-refractivity contribution is 0.726. The van der Waals surface area contributed by atoms with Crippen LogP contribution in [0.1, 0.15) is 16.1 Å². The van der Waals surface area contributed by atoms with Crippen molar-refractivity contribution >= 4 is 22.2 Å². The van der Waals surface area contributed by atoms with Crippen molar-refractivity contribution in [1.29, 1.82) is 0 Å². The lowest BCUT2D eigenvalue weighted by Gasteiger charge is -2.07. The molecule has 0 spiro atoms. The lowest BCUT2D eigenvalue weighted by atomic mass is 10.1. The van der Waals surface area contributed by atoms with Gasteiger partial charge in [0.15, 0.2) is 0 Å². The van der Waals surface area contributed by atoms with Gasteiger partial charge in [-0.3, -0.25) is 0 Å². The normalized spacial score (nSPS) is 11.3. The van der Waals surface area contributed by atoms with E-state index in [0.717, 1.165) is 19.5 Å². The minimum absolute atomic E-state index is 0.912. The third kappa shape index (κ3) is 2.49. The SMILES string of the molecule is CNCc1cccc2c1ccn2CCc1scnc1C. The molecular weight excluding hydrogens is 266 g/mol. The Bertz CT molecular complexity index is 711. The number of aryl methyl sites for hydroxylation is 3. The number of hydrogen-bond donors (Lipinski definition) is 1. The summed E-state index contributed by atoms with van der Waals surface area (Å²) in [5.74, 6) is 0. The van der Waals surface area contributed by atoms with Crippen LogP contribution in [0.2, 0.25) is 0 Å². The van der Waals surface area contributed by atoms with Gasteiger partial charge in [0.2, 0.25) is 0 Å². The summed E-state index contributed by atoms with van der Waals surface area (Å²) in [6.45, 7) is 4.01. The molecule has 0 aliphatic heterocycles. The van der Waals surface area contributed by atoms with E-state index in [1.54, 1.807) is 11.3 Å². The molecule has 0 saturated carbocycles. The van der Waals surface area contributed by atoms with Crippen molar-refractivity contribution in [3.8, 4) is 0 Å². The molecule has 0 aliphatic rings. The number of fused-ring (bicyclic) bond motifs is 1. The summed E-state index contributed by atoms with van der Waals surface area (Å²) in [5.41, 5.74) is 5.78. The van der Waals surface area contributed by atoms with Crippen molar-refractivity contribution in [3.63, 3.8) is 0 Å². The first-order chi connectivity index (χ1) is 9.79. The summed E-state index contributed by atoms with van der Waals surface area (Å²) in [7, 11) is 1.99. The Hall–Kier alpha value is -1.65. The monoisotopic (exact) mass is 285 g/mol. The minimum Gasteiger partial charge on any atom is -0.347 e. The Labute approximate surface area is 123 Å². The summed E-state index contributed by atoms with van der Waals surface area (Å²) in [4.78, 5) is 5.71. The van der Waals surface area contributed by atoms with Crippen LogP contribution in [-0.2, 0) is 19.5 Å². The molecular formula is C16H19N3S. The molecule has 2 aromatic heterocycles. The van der Waals surface area contributed by atoms with Gasteiger partial charge in [0.1, 0.15) is 0 Å². The molecule has 3 rings (SSSR count). The van der Waals surface area contributed by atoms with E-state index in [1.165, 1.54) is 27.0 Å². The van der Waals surface area contributed by atoms with Crippen LogP contribution >= 0.6 is 11.3 Å². The predicted molar refractivity (Wildman–Crippen MR) is 85.3 cm³/mol. The summed E-state index contributed by atoms with van der Waals surface area (Å²) in [5, 5.41) is 4.58. The van der Waals surface area contributed by atoms with Gasteiger partial charge in [0.05, 0.1) is 11.2 Å². The van der Waals surface area contributed by atoms with E-state index in [0.29, 0.717) is 0 Å². The number of nitrogens with zero attached hydrogens (tertiary/aromatic N) is 2. The highest BCUT2D eigenvalue weighted by atomic mass is 32.1. The van der Waals surface area contributed by atoms with E-state index < -0.39 is 0 Å². The number of nitrogens with one attached hydrogen (secondary N) is 1. The van der Waals surface area contributed by atoms with Crippen LogP contribution in [-0.4, -0.2) is 16.6 Å². The van der Waals surface area contributed by atoms with E-state index in [9.17, 15) is 0 Å². The second kappa shape index (κ2) is 5.77. The molecule has 1 N–H and O–H groups in total. The molecule has 0 fully saturated rings. The fraction of sp³-hybridized carbons (Fsp3) is 0.312. The number of aromatic nitrogens is 2. The third-order valence-corrected chi connectivity index (χ3v) is 4.69. The zero-order valence-corrected chi connectivity index (χ0v) is 12.7. The predicted octanol–water partition coefficient (Wildman–Crippen LogP) is 3.37. The topological polar surface area (TPSA) is 29.9 Å². The Balaban J connectivity index is 1.85. The van der Waals surface area contributed by atoms with Crippen LogP contribution in [0.4, 0.5) is 0 Å². The van der Waals surface area contributed by atoms with Gasteiger partial charge in [-0.25, -0.2) is 4.98 Å². The van der Waals surface area contributed by atoms with Gasteiger partial charge < -0.3 is 9.88 Å². The molecule has 0 atom stereocenters. The average molecular weight is 285 g/mol. The molecule has 0 aliphatic carbocycles. The van der Waals surface area contributed by atoms with Gasteiger partial charge in [0.25, 0.3) is 0 Å². The molecule has 0 saturated heterocycles. The molecule has 0 radical (unpaired) electrons. The second-order valence-electron chi connectivity index (χ2n) is 5.00. The quantitative estimate of drug-likeness (QED) is 0.779. The fourth-order valence-electron chi connectivity index (χ4n) is 2.61. The molecule has 20 heavy (non-hydrogen) atoms. The van der Waals surface area contributed by atoms with Crippen LogP contribution in [0, 0.1) is 6.92 Å². The van der Waals surface area contributed by atoms with Crippen molar-refractivity contribution in [3.05, 3.63) is 52.1 Å². The minimum atomic E-state index is 0.912. The molecule has 3 aromatic rings. The van der Waals surface area contributed by atoms with Crippen molar-refractivity contribution in [2.45, 2.75) is 26.4 Å². The van der Waals surface area contributed by atoms with Crippen molar-refractivity contribution in [2.75, 3.05) is 7.05 Å². The second-order valence-corrected chi connectivity index (χ2v) is 5.94. The number of rotatable bonds is 5. The van der Waals surface area contributed by atoms with Gasteiger partial charge in [-0.05, 0) is 31.7 Å². The van der Waals surface area contributed by atoms with Gasteiger partial charge in [0, 0.05) is 41.5 Å². The van der Waals surface area contributed by atoms with Crippen LogP contribution in [0.5, 0.6) is 0 Å². The Morgan fingerprint density at radius 1 is 1.30 bits per heavy atom. The maximum atomic E-state index is 4.32.